The van der Waals surface area contributed by atoms with Crippen LogP contribution in [0.5, 0.6) is 5.75 Å². The van der Waals surface area contributed by atoms with Crippen LogP contribution in [-0.2, 0) is 17.3 Å². The van der Waals surface area contributed by atoms with Gasteiger partial charge in [-0.25, -0.2) is 13.0 Å². The largest absolute Gasteiger partial charge is 0.492 e. The Hall–Kier alpha value is -1.45. The van der Waals surface area contributed by atoms with E-state index in [9.17, 15) is 8.60 Å². The number of rotatable bonds is 7. The van der Waals surface area contributed by atoms with Gasteiger partial charge in [0, 0.05) is 66.5 Å². The Morgan fingerprint density at radius 1 is 1.17 bits per heavy atom. The smallest absolute Gasteiger partial charge is 0.126 e. The minimum Gasteiger partial charge on any atom is -0.492 e. The molecule has 8 heteroatoms. The van der Waals surface area contributed by atoms with Crippen LogP contribution in [0.2, 0.25) is 0 Å². The van der Waals surface area contributed by atoms with Gasteiger partial charge < -0.3 is 10.5 Å². The molecule has 0 bridgehead atoms. The summed E-state index contributed by atoms with van der Waals surface area (Å²) in [6.45, 7) is 3.40. The van der Waals surface area contributed by atoms with Crippen LogP contribution in [-0.4, -0.2) is 56.6 Å². The predicted octanol–water partition coefficient (Wildman–Crippen LogP) is 3.15. The lowest BCUT2D eigenvalue weighted by molar-refractivity contribution is 0.237. The minimum atomic E-state index is -0.702. The predicted molar refractivity (Wildman–Crippen MR) is 121 cm³/mol. The molecule has 0 radical (unpaired) electrons. The number of ether oxygens (including phenoxy) is 1. The van der Waals surface area contributed by atoms with Crippen LogP contribution < -0.4 is 10.5 Å². The molecule has 2 aliphatic heterocycles. The Bertz CT molecular complexity index is 875. The Balaban J connectivity index is 1.45. The van der Waals surface area contributed by atoms with E-state index in [0.717, 1.165) is 42.9 Å². The van der Waals surface area contributed by atoms with E-state index in [1.807, 2.05) is 36.4 Å². The Morgan fingerprint density at radius 3 is 2.73 bits per heavy atom. The lowest BCUT2D eigenvalue weighted by atomic mass is 9.96. The molecule has 30 heavy (non-hydrogen) atoms. The second-order valence-electron chi connectivity index (χ2n) is 7.73. The van der Waals surface area contributed by atoms with E-state index >= 15 is 0 Å². The first-order valence-electron chi connectivity index (χ1n) is 10.3. The zero-order chi connectivity index (χ0) is 20.9. The molecule has 0 saturated carbocycles. The average Bonchev–Trinajstić information content (AvgIpc) is 3.16. The first-order chi connectivity index (χ1) is 14.6. The fourth-order valence-corrected chi connectivity index (χ4v) is 6.43. The molecule has 2 aromatic rings. The van der Waals surface area contributed by atoms with Crippen molar-refractivity contribution >= 4 is 22.9 Å². The molecule has 0 aromatic heterocycles. The summed E-state index contributed by atoms with van der Waals surface area (Å²) in [6, 6.07) is 15.1. The van der Waals surface area contributed by atoms with E-state index in [0.29, 0.717) is 24.7 Å². The standard InChI is InChI=1S/C22H28FN3O2S2/c23-22-7-2-1-6-21(22)18-13-19(16-28-20-5-3-4-17(12-20)14-24)26(15-18)29-25-8-10-30(27)11-9-25/h1-7,12,18-19H,8-11,13-16,24H2. The average molecular weight is 450 g/mol. The van der Waals surface area contributed by atoms with Crippen molar-refractivity contribution < 1.29 is 13.3 Å². The molecule has 2 unspecified atom stereocenters. The van der Waals surface area contributed by atoms with Crippen molar-refractivity contribution in [1.29, 1.82) is 0 Å². The zero-order valence-electron chi connectivity index (χ0n) is 16.9. The first-order valence-corrected chi connectivity index (χ1v) is 12.5. The summed E-state index contributed by atoms with van der Waals surface area (Å²) < 4.78 is 36.8. The van der Waals surface area contributed by atoms with E-state index in [1.54, 1.807) is 18.2 Å². The Kier molecular flexibility index (Phi) is 7.43. The second kappa shape index (κ2) is 10.2. The molecular formula is C22H28FN3O2S2. The van der Waals surface area contributed by atoms with Gasteiger partial charge in [0.25, 0.3) is 0 Å². The van der Waals surface area contributed by atoms with Gasteiger partial charge in [0.15, 0.2) is 0 Å². The summed E-state index contributed by atoms with van der Waals surface area (Å²) in [5.74, 6) is 2.22. The highest BCUT2D eigenvalue weighted by atomic mass is 32.2. The maximum absolute atomic E-state index is 14.4. The van der Waals surface area contributed by atoms with E-state index in [1.165, 1.54) is 6.07 Å². The van der Waals surface area contributed by atoms with E-state index < -0.39 is 10.8 Å². The van der Waals surface area contributed by atoms with Gasteiger partial charge in [-0.2, -0.15) is 0 Å². The van der Waals surface area contributed by atoms with Crippen molar-refractivity contribution in [3.8, 4) is 5.75 Å². The van der Waals surface area contributed by atoms with E-state index in [4.69, 9.17) is 10.5 Å². The summed E-state index contributed by atoms with van der Waals surface area (Å²) in [5.41, 5.74) is 7.55. The molecule has 0 amide bonds. The van der Waals surface area contributed by atoms with Crippen molar-refractivity contribution in [2.45, 2.75) is 24.9 Å². The van der Waals surface area contributed by atoms with Gasteiger partial charge in [0.2, 0.25) is 0 Å². The topological polar surface area (TPSA) is 58.8 Å². The van der Waals surface area contributed by atoms with E-state index in [-0.39, 0.29) is 17.8 Å². The van der Waals surface area contributed by atoms with Crippen molar-refractivity contribution in [1.82, 2.24) is 8.61 Å². The molecule has 2 heterocycles. The van der Waals surface area contributed by atoms with Crippen LogP contribution >= 0.6 is 12.1 Å². The quantitative estimate of drug-likeness (QED) is 0.656. The Labute approximate surface area is 184 Å². The van der Waals surface area contributed by atoms with Crippen molar-refractivity contribution in [3.05, 3.63) is 65.5 Å². The number of hydrogen-bond acceptors (Lipinski definition) is 6. The minimum absolute atomic E-state index is 0.126. The third-order valence-electron chi connectivity index (χ3n) is 5.64. The van der Waals surface area contributed by atoms with Crippen LogP contribution in [0.15, 0.2) is 48.5 Å². The maximum atomic E-state index is 14.4. The van der Waals surface area contributed by atoms with Gasteiger partial charge in [-0.1, -0.05) is 30.3 Å². The summed E-state index contributed by atoms with van der Waals surface area (Å²) in [4.78, 5) is 0. The number of nitrogens with two attached hydrogens (primary N) is 1. The number of hydrogen-bond donors (Lipinski definition) is 1. The molecule has 2 aromatic carbocycles. The van der Waals surface area contributed by atoms with Gasteiger partial charge in [0.05, 0.1) is 6.04 Å². The van der Waals surface area contributed by atoms with Crippen molar-refractivity contribution in [2.24, 2.45) is 5.73 Å². The molecule has 0 aliphatic carbocycles. The fraction of sp³-hybridized carbons (Fsp3) is 0.455. The molecular weight excluding hydrogens is 421 g/mol. The molecule has 2 saturated heterocycles. The second-order valence-corrected chi connectivity index (χ2v) is 10.6. The molecule has 2 atom stereocenters. The number of benzene rings is 2. The summed E-state index contributed by atoms with van der Waals surface area (Å²) >= 11 is 1.70. The molecule has 2 N–H and O–H groups in total. The molecule has 162 valence electrons. The van der Waals surface area contributed by atoms with Crippen LogP contribution in [0.25, 0.3) is 0 Å². The van der Waals surface area contributed by atoms with Crippen LogP contribution in [0.1, 0.15) is 23.5 Å². The highest BCUT2D eigenvalue weighted by molar-refractivity contribution is 7.94. The molecule has 0 spiro atoms. The van der Waals surface area contributed by atoms with E-state index in [2.05, 4.69) is 8.61 Å². The monoisotopic (exact) mass is 449 g/mol. The molecule has 4 rings (SSSR count). The molecule has 5 nitrogen and oxygen atoms in total. The van der Waals surface area contributed by atoms with Crippen LogP contribution in [0, 0.1) is 5.82 Å². The van der Waals surface area contributed by atoms with Crippen LogP contribution in [0.4, 0.5) is 4.39 Å². The molecule has 2 aliphatic rings. The van der Waals surface area contributed by atoms with Crippen molar-refractivity contribution in [3.63, 3.8) is 0 Å². The zero-order valence-corrected chi connectivity index (χ0v) is 18.5. The highest BCUT2D eigenvalue weighted by Crippen LogP contribution is 2.38. The summed E-state index contributed by atoms with van der Waals surface area (Å²) in [6.07, 6.45) is 0.838. The van der Waals surface area contributed by atoms with Gasteiger partial charge >= 0.3 is 0 Å². The normalized spacial score (nSPS) is 23.7. The third kappa shape index (κ3) is 5.42. The number of nitrogens with zero attached hydrogens (tertiary/aromatic N) is 2. The summed E-state index contributed by atoms with van der Waals surface area (Å²) in [5, 5.41) is 0. The summed E-state index contributed by atoms with van der Waals surface area (Å²) in [7, 11) is -0.702. The maximum Gasteiger partial charge on any atom is 0.126 e. The number of halogens is 1. The lowest BCUT2D eigenvalue weighted by Crippen LogP contribution is -2.38. The third-order valence-corrected chi connectivity index (χ3v) is 8.17. The van der Waals surface area contributed by atoms with Gasteiger partial charge in [0.1, 0.15) is 18.2 Å². The van der Waals surface area contributed by atoms with Crippen molar-refractivity contribution in [2.75, 3.05) is 37.7 Å². The van der Waals surface area contributed by atoms with Gasteiger partial charge in [-0.15, -0.1) is 0 Å². The Morgan fingerprint density at radius 2 is 1.97 bits per heavy atom. The van der Waals surface area contributed by atoms with Crippen LogP contribution in [0.3, 0.4) is 0 Å². The fourth-order valence-electron chi connectivity index (χ4n) is 3.98. The first kappa shape index (κ1) is 21.8. The SMILES string of the molecule is NCc1cccc(OCC2CC(c3ccccc3F)CN2SN2CCS(=O)CC2)c1. The molecule has 2 fully saturated rings. The van der Waals surface area contributed by atoms with Gasteiger partial charge in [-0.05, 0) is 35.7 Å². The highest BCUT2D eigenvalue weighted by Gasteiger charge is 2.36. The lowest BCUT2D eigenvalue weighted by Gasteiger charge is -2.31. The van der Waals surface area contributed by atoms with Gasteiger partial charge in [-0.3, -0.25) is 4.21 Å².